The van der Waals surface area contributed by atoms with Crippen molar-refractivity contribution in [2.24, 2.45) is 0 Å². The minimum Gasteiger partial charge on any atom is -0.490 e. The highest BCUT2D eigenvalue weighted by Gasteiger charge is 2.34. The van der Waals surface area contributed by atoms with Crippen LogP contribution in [0.1, 0.15) is 24.5 Å². The van der Waals surface area contributed by atoms with Crippen LogP contribution in [0.25, 0.3) is 0 Å². The maximum Gasteiger partial charge on any atom is 0.416 e. The van der Waals surface area contributed by atoms with Crippen LogP contribution in [0, 0.1) is 0 Å². The third-order valence-corrected chi connectivity index (χ3v) is 2.92. The van der Waals surface area contributed by atoms with Crippen molar-refractivity contribution in [1.29, 1.82) is 0 Å². The molecule has 0 radical (unpaired) electrons. The summed E-state index contributed by atoms with van der Waals surface area (Å²) < 4.78 is 42.6. The molecule has 0 aromatic heterocycles. The SMILES string of the molecule is CC1(c2ccc(C(F)(F)F)cc2)CC(=O)C=CO1. The number of halogens is 3. The van der Waals surface area contributed by atoms with Crippen LogP contribution in [0.2, 0.25) is 0 Å². The molecule has 1 unspecified atom stereocenters. The van der Waals surface area contributed by atoms with E-state index in [4.69, 9.17) is 4.74 Å². The lowest BCUT2D eigenvalue weighted by Gasteiger charge is -2.31. The Labute approximate surface area is 102 Å². The van der Waals surface area contributed by atoms with Crippen LogP contribution in [0.15, 0.2) is 36.6 Å². The second-order valence-corrected chi connectivity index (χ2v) is 4.37. The van der Waals surface area contributed by atoms with Crippen LogP contribution < -0.4 is 0 Å². The number of hydrogen-bond acceptors (Lipinski definition) is 2. The number of benzene rings is 1. The number of carbonyl (C=O) groups excluding carboxylic acids is 1. The molecule has 0 saturated carbocycles. The third-order valence-electron chi connectivity index (χ3n) is 2.92. The zero-order valence-corrected chi connectivity index (χ0v) is 9.62. The molecule has 1 aromatic carbocycles. The van der Waals surface area contributed by atoms with E-state index in [-0.39, 0.29) is 12.2 Å². The zero-order chi connectivity index (χ0) is 13.4. The van der Waals surface area contributed by atoms with E-state index in [9.17, 15) is 18.0 Å². The molecule has 96 valence electrons. The Balaban J connectivity index is 2.30. The number of alkyl halides is 3. The third kappa shape index (κ3) is 2.39. The second-order valence-electron chi connectivity index (χ2n) is 4.37. The van der Waals surface area contributed by atoms with Gasteiger partial charge in [-0.15, -0.1) is 0 Å². The minimum absolute atomic E-state index is 0.108. The number of allylic oxidation sites excluding steroid dienone is 1. The first-order chi connectivity index (χ1) is 8.31. The average molecular weight is 256 g/mol. The molecule has 0 saturated heterocycles. The van der Waals surface area contributed by atoms with Gasteiger partial charge in [0.05, 0.1) is 18.2 Å². The van der Waals surface area contributed by atoms with Crippen LogP contribution in [0.3, 0.4) is 0 Å². The average Bonchev–Trinajstić information content (AvgIpc) is 2.28. The van der Waals surface area contributed by atoms with Gasteiger partial charge in [-0.05, 0) is 24.6 Å². The molecule has 1 aromatic rings. The van der Waals surface area contributed by atoms with E-state index in [2.05, 4.69) is 0 Å². The van der Waals surface area contributed by atoms with Gasteiger partial charge in [0.2, 0.25) is 0 Å². The molecule has 2 rings (SSSR count). The molecule has 0 amide bonds. The van der Waals surface area contributed by atoms with Gasteiger partial charge in [0.1, 0.15) is 5.60 Å². The molecule has 5 heteroatoms. The first-order valence-corrected chi connectivity index (χ1v) is 5.36. The van der Waals surface area contributed by atoms with Gasteiger partial charge in [-0.3, -0.25) is 4.79 Å². The summed E-state index contributed by atoms with van der Waals surface area (Å²) in [5.41, 5.74) is -1.06. The molecular weight excluding hydrogens is 245 g/mol. The molecule has 1 atom stereocenters. The van der Waals surface area contributed by atoms with Gasteiger partial charge < -0.3 is 4.74 Å². The van der Waals surface area contributed by atoms with Crippen molar-refractivity contribution in [1.82, 2.24) is 0 Å². The number of rotatable bonds is 1. The molecule has 0 N–H and O–H groups in total. The molecule has 0 aliphatic carbocycles. The van der Waals surface area contributed by atoms with Gasteiger partial charge in [-0.25, -0.2) is 0 Å². The van der Waals surface area contributed by atoms with E-state index in [0.29, 0.717) is 5.56 Å². The summed E-state index contributed by atoms with van der Waals surface area (Å²) in [5, 5.41) is 0. The number of carbonyl (C=O) groups is 1. The van der Waals surface area contributed by atoms with E-state index in [1.54, 1.807) is 6.92 Å². The normalized spacial score (nSPS) is 23.9. The Morgan fingerprint density at radius 1 is 1.22 bits per heavy atom. The maximum absolute atomic E-state index is 12.4. The molecule has 0 spiro atoms. The smallest absolute Gasteiger partial charge is 0.416 e. The summed E-state index contributed by atoms with van der Waals surface area (Å²) in [6, 6.07) is 4.67. The largest absolute Gasteiger partial charge is 0.490 e. The van der Waals surface area contributed by atoms with E-state index < -0.39 is 17.3 Å². The standard InChI is InChI=1S/C13H11F3O2/c1-12(8-11(17)6-7-18-12)9-2-4-10(5-3-9)13(14,15)16/h2-7H,8H2,1H3. The van der Waals surface area contributed by atoms with Gasteiger partial charge in [0.15, 0.2) is 5.78 Å². The fourth-order valence-electron chi connectivity index (χ4n) is 1.88. The molecular formula is C13H11F3O2. The van der Waals surface area contributed by atoms with Crippen LogP contribution in [-0.2, 0) is 21.3 Å². The fraction of sp³-hybridized carbons (Fsp3) is 0.308. The quantitative estimate of drug-likeness (QED) is 0.769. The van der Waals surface area contributed by atoms with Crippen molar-refractivity contribution in [3.63, 3.8) is 0 Å². The first kappa shape index (κ1) is 12.7. The molecule has 0 bridgehead atoms. The van der Waals surface area contributed by atoms with Crippen LogP contribution >= 0.6 is 0 Å². The zero-order valence-electron chi connectivity index (χ0n) is 9.62. The van der Waals surface area contributed by atoms with Crippen molar-refractivity contribution in [2.75, 3.05) is 0 Å². The van der Waals surface area contributed by atoms with E-state index >= 15 is 0 Å². The molecule has 2 nitrogen and oxygen atoms in total. The Kier molecular flexibility index (Phi) is 2.92. The van der Waals surface area contributed by atoms with E-state index in [1.807, 2.05) is 0 Å². The molecule has 1 aliphatic heterocycles. The lowest BCUT2D eigenvalue weighted by molar-refractivity contribution is -0.137. The van der Waals surface area contributed by atoms with E-state index in [0.717, 1.165) is 12.1 Å². The fourth-order valence-corrected chi connectivity index (χ4v) is 1.88. The van der Waals surface area contributed by atoms with Crippen molar-refractivity contribution >= 4 is 5.78 Å². The monoisotopic (exact) mass is 256 g/mol. The molecule has 0 fully saturated rings. The van der Waals surface area contributed by atoms with Gasteiger partial charge >= 0.3 is 6.18 Å². The van der Waals surface area contributed by atoms with Crippen molar-refractivity contribution in [2.45, 2.75) is 25.1 Å². The van der Waals surface area contributed by atoms with Crippen molar-refractivity contribution < 1.29 is 22.7 Å². The van der Waals surface area contributed by atoms with Gasteiger partial charge in [-0.2, -0.15) is 13.2 Å². The number of ketones is 1. The highest BCUT2D eigenvalue weighted by Crippen LogP contribution is 2.35. The summed E-state index contributed by atoms with van der Waals surface area (Å²) in [7, 11) is 0. The van der Waals surface area contributed by atoms with Crippen molar-refractivity contribution in [3.8, 4) is 0 Å². The first-order valence-electron chi connectivity index (χ1n) is 5.36. The highest BCUT2D eigenvalue weighted by molar-refractivity contribution is 5.91. The summed E-state index contributed by atoms with van der Waals surface area (Å²) in [6.45, 7) is 1.68. The lowest BCUT2D eigenvalue weighted by atomic mass is 9.88. The predicted molar refractivity (Wildman–Crippen MR) is 58.6 cm³/mol. The van der Waals surface area contributed by atoms with E-state index in [1.165, 1.54) is 24.5 Å². The summed E-state index contributed by atoms with van der Waals surface area (Å²) in [5.74, 6) is -0.108. The molecule has 1 heterocycles. The lowest BCUT2D eigenvalue weighted by Crippen LogP contribution is -2.29. The minimum atomic E-state index is -4.36. The van der Waals surface area contributed by atoms with Crippen LogP contribution in [0.5, 0.6) is 0 Å². The molecule has 18 heavy (non-hydrogen) atoms. The van der Waals surface area contributed by atoms with Gasteiger partial charge in [0, 0.05) is 6.08 Å². The maximum atomic E-state index is 12.4. The predicted octanol–water partition coefficient (Wildman–Crippen LogP) is 3.42. The Bertz CT molecular complexity index is 488. The summed E-state index contributed by atoms with van der Waals surface area (Å²) >= 11 is 0. The topological polar surface area (TPSA) is 26.3 Å². The number of hydrogen-bond donors (Lipinski definition) is 0. The summed E-state index contributed by atoms with van der Waals surface area (Å²) in [4.78, 5) is 11.3. The Morgan fingerprint density at radius 2 is 1.83 bits per heavy atom. The van der Waals surface area contributed by atoms with Crippen molar-refractivity contribution in [3.05, 3.63) is 47.7 Å². The highest BCUT2D eigenvalue weighted by atomic mass is 19.4. The van der Waals surface area contributed by atoms with Crippen LogP contribution in [-0.4, -0.2) is 5.78 Å². The Hall–Kier alpha value is -1.78. The van der Waals surface area contributed by atoms with Gasteiger partial charge in [-0.1, -0.05) is 12.1 Å². The summed E-state index contributed by atoms with van der Waals surface area (Å²) in [6.07, 6.45) is -1.65. The second kappa shape index (κ2) is 4.15. The molecule has 1 aliphatic rings. The van der Waals surface area contributed by atoms with Gasteiger partial charge in [0.25, 0.3) is 0 Å². The Morgan fingerprint density at radius 3 is 2.33 bits per heavy atom. The van der Waals surface area contributed by atoms with Crippen LogP contribution in [0.4, 0.5) is 13.2 Å². The number of ether oxygens (including phenoxy) is 1.